The number of carbonyl (C=O) groups excluding carboxylic acids is 2. The fraction of sp³-hybridized carbons (Fsp3) is 0.273. The maximum absolute atomic E-state index is 12.2. The highest BCUT2D eigenvalue weighted by molar-refractivity contribution is 5.97. The zero-order valence-electron chi connectivity index (χ0n) is 16.9. The van der Waals surface area contributed by atoms with Gasteiger partial charge in [0.25, 0.3) is 11.8 Å². The van der Waals surface area contributed by atoms with Crippen LogP contribution in [0.1, 0.15) is 36.7 Å². The number of aromatic hydroxyl groups is 1. The molecule has 0 saturated heterocycles. The van der Waals surface area contributed by atoms with Gasteiger partial charge in [-0.25, -0.2) is 0 Å². The lowest BCUT2D eigenvalue weighted by atomic mass is 9.87. The molecule has 0 radical (unpaired) electrons. The Morgan fingerprint density at radius 2 is 1.72 bits per heavy atom. The number of aromatic nitrogens is 1. The summed E-state index contributed by atoms with van der Waals surface area (Å²) < 4.78 is 1.57. The highest BCUT2D eigenvalue weighted by atomic mass is 16.3. The van der Waals surface area contributed by atoms with Crippen LogP contribution in [0.15, 0.2) is 58.8 Å². The van der Waals surface area contributed by atoms with E-state index >= 15 is 0 Å². The molecule has 0 aliphatic heterocycles. The van der Waals surface area contributed by atoms with E-state index in [0.717, 1.165) is 11.1 Å². The third-order valence-corrected chi connectivity index (χ3v) is 4.72. The largest absolute Gasteiger partial charge is 0.493 e. The first-order valence-corrected chi connectivity index (χ1v) is 9.28. The average molecular weight is 392 g/mol. The van der Waals surface area contributed by atoms with Gasteiger partial charge in [0.15, 0.2) is 5.69 Å². The van der Waals surface area contributed by atoms with Crippen LogP contribution in [0.4, 0.5) is 5.69 Å². The van der Waals surface area contributed by atoms with Crippen LogP contribution in [0.2, 0.25) is 0 Å². The summed E-state index contributed by atoms with van der Waals surface area (Å²) in [7, 11) is 1.70. The van der Waals surface area contributed by atoms with E-state index < -0.39 is 5.91 Å². The van der Waals surface area contributed by atoms with E-state index in [-0.39, 0.29) is 29.4 Å². The lowest BCUT2D eigenvalue weighted by Gasteiger charge is -2.18. The number of benzene rings is 2. The van der Waals surface area contributed by atoms with Gasteiger partial charge in [-0.2, -0.15) is 0 Å². The monoisotopic (exact) mass is 392 g/mol. The molecule has 2 amide bonds. The van der Waals surface area contributed by atoms with E-state index in [4.69, 9.17) is 0 Å². The molecule has 2 aromatic carbocycles. The highest BCUT2D eigenvalue weighted by Gasteiger charge is 2.16. The number of nitrogens with one attached hydrogen (secondary N) is 1. The Balaban J connectivity index is 1.64. The Morgan fingerprint density at radius 3 is 2.38 bits per heavy atom. The molecule has 0 spiro atoms. The Bertz CT molecular complexity index is 1090. The average Bonchev–Trinajstić information content (AvgIpc) is 2.94. The van der Waals surface area contributed by atoms with Crippen LogP contribution in [-0.4, -0.2) is 28.0 Å². The minimum Gasteiger partial charge on any atom is -0.493 e. The van der Waals surface area contributed by atoms with Gasteiger partial charge in [0.05, 0.1) is 5.52 Å². The smallest absolute Gasteiger partial charge is 0.283 e. The molecule has 3 aromatic rings. The molecule has 0 bridgehead atoms. The minimum atomic E-state index is -0.614. The number of aryl methyl sites for hydroxylation is 1. The maximum Gasteiger partial charge on any atom is 0.283 e. The molecule has 0 saturated carbocycles. The predicted molar refractivity (Wildman–Crippen MR) is 112 cm³/mol. The quantitative estimate of drug-likeness (QED) is 0.651. The molecule has 0 unspecified atom stereocenters. The maximum atomic E-state index is 12.2. The number of para-hydroxylation sites is 1. The summed E-state index contributed by atoms with van der Waals surface area (Å²) >= 11 is 0. The van der Waals surface area contributed by atoms with E-state index in [2.05, 4.69) is 36.3 Å². The molecule has 29 heavy (non-hydrogen) atoms. The second kappa shape index (κ2) is 7.87. The van der Waals surface area contributed by atoms with E-state index in [9.17, 15) is 14.7 Å². The molecule has 2 N–H and O–H groups in total. The minimum absolute atomic E-state index is 0.00146. The van der Waals surface area contributed by atoms with Gasteiger partial charge in [-0.3, -0.25) is 9.59 Å². The molecule has 0 aliphatic rings. The third kappa shape index (κ3) is 4.34. The number of hydrogen-bond donors (Lipinski definition) is 2. The number of hydrogen-bond acceptors (Lipinski definition) is 4. The van der Waals surface area contributed by atoms with Crippen LogP contribution in [0.3, 0.4) is 0 Å². The molecule has 7 nitrogen and oxygen atoms in total. The Hall–Kier alpha value is -3.48. The van der Waals surface area contributed by atoms with Gasteiger partial charge in [0.1, 0.15) is 6.54 Å². The van der Waals surface area contributed by atoms with Crippen molar-refractivity contribution in [1.29, 1.82) is 0 Å². The van der Waals surface area contributed by atoms with Crippen LogP contribution in [-0.2, 0) is 17.3 Å². The van der Waals surface area contributed by atoms with Crippen LogP contribution in [0, 0.1) is 0 Å². The van der Waals surface area contributed by atoms with E-state index in [1.165, 1.54) is 0 Å². The molecule has 0 aliphatic carbocycles. The van der Waals surface area contributed by atoms with Crippen LogP contribution in [0.25, 0.3) is 10.9 Å². The van der Waals surface area contributed by atoms with Crippen molar-refractivity contribution < 1.29 is 14.7 Å². The number of fused-ring (bicyclic) bond motifs is 1. The molecule has 7 heteroatoms. The normalized spacial score (nSPS) is 11.9. The van der Waals surface area contributed by atoms with Crippen molar-refractivity contribution in [2.75, 3.05) is 6.54 Å². The zero-order chi connectivity index (χ0) is 21.2. The lowest BCUT2D eigenvalue weighted by Crippen LogP contribution is -2.28. The molecule has 1 heterocycles. The van der Waals surface area contributed by atoms with Crippen molar-refractivity contribution in [3.8, 4) is 5.88 Å². The van der Waals surface area contributed by atoms with Crippen molar-refractivity contribution in [3.05, 3.63) is 59.7 Å². The molecular weight excluding hydrogens is 368 g/mol. The standard InChI is InChI=1S/C22H24N4O3/c1-22(2,3)15-11-9-14(10-12-15)20(28)23-13-18(27)24-25-19-16-7-5-6-8-17(16)26(4)21(19)29/h5-12,29H,13H2,1-4H3,(H,23,28). The number of azo groups is 1. The van der Waals surface area contributed by atoms with Crippen LogP contribution in [0.5, 0.6) is 5.88 Å². The van der Waals surface area contributed by atoms with Gasteiger partial charge in [0.2, 0.25) is 5.88 Å². The summed E-state index contributed by atoms with van der Waals surface area (Å²) in [4.78, 5) is 24.3. The first-order valence-electron chi connectivity index (χ1n) is 9.28. The van der Waals surface area contributed by atoms with Crippen molar-refractivity contribution in [3.63, 3.8) is 0 Å². The summed E-state index contributed by atoms with van der Waals surface area (Å²) in [5, 5.41) is 21.0. The SMILES string of the molecule is Cn1c(O)c(N=NC(=O)CNC(=O)c2ccc(C(C)(C)C)cc2)c2ccccc21. The number of carbonyl (C=O) groups is 2. The fourth-order valence-electron chi connectivity index (χ4n) is 2.98. The molecule has 0 fully saturated rings. The van der Waals surface area contributed by atoms with Gasteiger partial charge in [-0.1, -0.05) is 51.1 Å². The van der Waals surface area contributed by atoms with E-state index in [1.807, 2.05) is 30.3 Å². The van der Waals surface area contributed by atoms with Crippen molar-refractivity contribution >= 4 is 28.4 Å². The van der Waals surface area contributed by atoms with Gasteiger partial charge in [-0.15, -0.1) is 10.2 Å². The van der Waals surface area contributed by atoms with E-state index in [0.29, 0.717) is 10.9 Å². The fourth-order valence-corrected chi connectivity index (χ4v) is 2.98. The Kier molecular flexibility index (Phi) is 5.50. The summed E-state index contributed by atoms with van der Waals surface area (Å²) in [5.74, 6) is -1.05. The second-order valence-electron chi connectivity index (χ2n) is 7.85. The third-order valence-electron chi connectivity index (χ3n) is 4.72. The van der Waals surface area contributed by atoms with Crippen molar-refractivity contribution in [2.24, 2.45) is 17.3 Å². The first kappa shape index (κ1) is 20.3. The molecule has 3 rings (SSSR count). The summed E-state index contributed by atoms with van der Waals surface area (Å²) in [6.45, 7) is 6.01. The zero-order valence-corrected chi connectivity index (χ0v) is 16.9. The molecule has 1 aromatic heterocycles. The van der Waals surface area contributed by atoms with Crippen molar-refractivity contribution in [2.45, 2.75) is 26.2 Å². The van der Waals surface area contributed by atoms with Gasteiger partial charge in [0, 0.05) is 18.0 Å². The molecule has 0 atom stereocenters. The van der Waals surface area contributed by atoms with Crippen molar-refractivity contribution in [1.82, 2.24) is 9.88 Å². The Morgan fingerprint density at radius 1 is 1.07 bits per heavy atom. The van der Waals surface area contributed by atoms with Crippen LogP contribution < -0.4 is 5.32 Å². The van der Waals surface area contributed by atoms with Crippen LogP contribution >= 0.6 is 0 Å². The highest BCUT2D eigenvalue weighted by Crippen LogP contribution is 2.37. The Labute approximate surface area is 169 Å². The topological polar surface area (TPSA) is 96.0 Å². The predicted octanol–water partition coefficient (Wildman–Crippen LogP) is 4.22. The lowest BCUT2D eigenvalue weighted by molar-refractivity contribution is -0.117. The summed E-state index contributed by atoms with van der Waals surface area (Å²) in [6, 6.07) is 14.6. The second-order valence-corrected chi connectivity index (χ2v) is 7.85. The number of rotatable bonds is 4. The number of amides is 2. The first-order chi connectivity index (χ1) is 13.7. The summed E-state index contributed by atoms with van der Waals surface area (Å²) in [5.41, 5.74) is 2.58. The van der Waals surface area contributed by atoms with Gasteiger partial charge in [-0.05, 0) is 29.2 Å². The molecular formula is C22H24N4O3. The molecule has 150 valence electrons. The van der Waals surface area contributed by atoms with Gasteiger partial charge < -0.3 is 15.0 Å². The summed E-state index contributed by atoms with van der Waals surface area (Å²) in [6.07, 6.45) is 0. The number of nitrogens with zero attached hydrogens (tertiary/aromatic N) is 3. The van der Waals surface area contributed by atoms with E-state index in [1.54, 1.807) is 29.8 Å². The van der Waals surface area contributed by atoms with Gasteiger partial charge >= 0.3 is 0 Å².